The lowest BCUT2D eigenvalue weighted by Crippen LogP contribution is -2.02. The van der Waals surface area contributed by atoms with Gasteiger partial charge in [-0.1, -0.05) is 6.07 Å². The van der Waals surface area contributed by atoms with Gasteiger partial charge in [-0.2, -0.15) is 5.10 Å². The number of nitrogens with one attached hydrogen (secondary N) is 1. The molecule has 0 aliphatic carbocycles. The Morgan fingerprint density at radius 2 is 2.21 bits per heavy atom. The number of aryl methyl sites for hydroxylation is 3. The number of aromatic amines is 1. The molecule has 0 saturated heterocycles. The number of fused-ring (bicyclic) bond motifs is 1. The molecule has 4 nitrogen and oxygen atoms in total. The first kappa shape index (κ1) is 12.1. The highest BCUT2D eigenvalue weighted by molar-refractivity contribution is 7.71. The second kappa shape index (κ2) is 4.62. The molecule has 0 bridgehead atoms. The largest absolute Gasteiger partial charge is 0.328 e. The molecule has 0 saturated carbocycles. The molecule has 0 aliphatic rings. The Hall–Kier alpha value is -1.95. The van der Waals surface area contributed by atoms with Crippen LogP contribution in [-0.4, -0.2) is 19.3 Å². The summed E-state index contributed by atoms with van der Waals surface area (Å²) < 4.78 is 17.9. The molecule has 0 atom stereocenters. The maximum atomic E-state index is 13.6. The SMILES string of the molecule is Cn1ccc(CCn2c(=S)[nH]c3c(F)cccc32)n1. The lowest BCUT2D eigenvalue weighted by atomic mass is 10.3. The molecule has 1 aromatic carbocycles. The summed E-state index contributed by atoms with van der Waals surface area (Å²) >= 11 is 5.25. The van der Waals surface area contributed by atoms with E-state index in [1.54, 1.807) is 10.7 Å². The molecule has 3 aromatic rings. The van der Waals surface area contributed by atoms with Gasteiger partial charge in [0.05, 0.1) is 11.2 Å². The van der Waals surface area contributed by atoms with Crippen LogP contribution in [0.4, 0.5) is 4.39 Å². The normalized spacial score (nSPS) is 11.3. The first-order valence-electron chi connectivity index (χ1n) is 6.01. The number of nitrogens with zero attached hydrogens (tertiary/aromatic N) is 3. The second-order valence-electron chi connectivity index (χ2n) is 4.45. The molecule has 0 radical (unpaired) electrons. The molecule has 6 heteroatoms. The summed E-state index contributed by atoms with van der Waals surface area (Å²) in [5.41, 5.74) is 2.25. The fraction of sp³-hybridized carbons (Fsp3) is 0.231. The first-order valence-corrected chi connectivity index (χ1v) is 6.41. The van der Waals surface area contributed by atoms with Crippen LogP contribution < -0.4 is 0 Å². The first-order chi connectivity index (χ1) is 9.15. The lowest BCUT2D eigenvalue weighted by molar-refractivity contribution is 0.637. The number of rotatable bonds is 3. The van der Waals surface area contributed by atoms with E-state index >= 15 is 0 Å². The van der Waals surface area contributed by atoms with Gasteiger partial charge in [-0.15, -0.1) is 0 Å². The average Bonchev–Trinajstić information content (AvgIpc) is 2.92. The van der Waals surface area contributed by atoms with Gasteiger partial charge in [-0.25, -0.2) is 4.39 Å². The number of hydrogen-bond donors (Lipinski definition) is 1. The Kier molecular flexibility index (Phi) is 2.94. The topological polar surface area (TPSA) is 38.5 Å². The predicted octanol–water partition coefficient (Wildman–Crippen LogP) is 2.81. The molecule has 19 heavy (non-hydrogen) atoms. The highest BCUT2D eigenvalue weighted by atomic mass is 32.1. The molecule has 3 rings (SSSR count). The van der Waals surface area contributed by atoms with Crippen LogP contribution in [0.2, 0.25) is 0 Å². The number of imidazole rings is 1. The number of aromatic nitrogens is 4. The molecule has 0 unspecified atom stereocenters. The van der Waals surface area contributed by atoms with Crippen molar-refractivity contribution in [3.8, 4) is 0 Å². The molecule has 0 aliphatic heterocycles. The molecular formula is C13H13FN4S. The van der Waals surface area contributed by atoms with E-state index < -0.39 is 0 Å². The Bertz CT molecular complexity index is 783. The van der Waals surface area contributed by atoms with Gasteiger partial charge in [-0.3, -0.25) is 4.68 Å². The Balaban J connectivity index is 1.95. The van der Waals surface area contributed by atoms with Crippen molar-refractivity contribution in [2.45, 2.75) is 13.0 Å². The summed E-state index contributed by atoms with van der Waals surface area (Å²) in [5, 5.41) is 4.32. The van der Waals surface area contributed by atoms with Crippen LogP contribution in [0.1, 0.15) is 5.69 Å². The third-order valence-electron chi connectivity index (χ3n) is 3.12. The lowest BCUT2D eigenvalue weighted by Gasteiger charge is -2.02. The van der Waals surface area contributed by atoms with E-state index in [0.29, 0.717) is 16.8 Å². The quantitative estimate of drug-likeness (QED) is 0.747. The molecule has 2 heterocycles. The number of benzene rings is 1. The number of halogens is 1. The maximum absolute atomic E-state index is 13.6. The smallest absolute Gasteiger partial charge is 0.178 e. The van der Waals surface area contributed by atoms with Crippen molar-refractivity contribution in [3.05, 3.63) is 46.7 Å². The zero-order valence-corrected chi connectivity index (χ0v) is 11.2. The minimum atomic E-state index is -0.278. The monoisotopic (exact) mass is 276 g/mol. The van der Waals surface area contributed by atoms with Crippen LogP contribution in [0.5, 0.6) is 0 Å². The van der Waals surface area contributed by atoms with Gasteiger partial charge in [-0.05, 0) is 30.4 Å². The van der Waals surface area contributed by atoms with Crippen molar-refractivity contribution in [2.24, 2.45) is 7.05 Å². The van der Waals surface area contributed by atoms with Crippen molar-refractivity contribution in [3.63, 3.8) is 0 Å². The highest BCUT2D eigenvalue weighted by Crippen LogP contribution is 2.17. The van der Waals surface area contributed by atoms with Crippen molar-refractivity contribution in [2.75, 3.05) is 0 Å². The van der Waals surface area contributed by atoms with Gasteiger partial charge in [0.25, 0.3) is 0 Å². The van der Waals surface area contributed by atoms with Gasteiger partial charge >= 0.3 is 0 Å². The third-order valence-corrected chi connectivity index (χ3v) is 3.44. The molecule has 0 spiro atoms. The van der Waals surface area contributed by atoms with Gasteiger partial charge in [0.1, 0.15) is 11.3 Å². The molecule has 1 N–H and O–H groups in total. The van der Waals surface area contributed by atoms with Crippen molar-refractivity contribution in [1.82, 2.24) is 19.3 Å². The molecule has 0 amide bonds. The van der Waals surface area contributed by atoms with E-state index in [0.717, 1.165) is 17.6 Å². The summed E-state index contributed by atoms with van der Waals surface area (Å²) in [5.74, 6) is -0.278. The van der Waals surface area contributed by atoms with Crippen molar-refractivity contribution in [1.29, 1.82) is 0 Å². The standard InChI is InChI=1S/C13H13FN4S/c1-17-7-5-9(16-17)6-8-18-11-4-2-3-10(14)12(11)15-13(18)19/h2-5,7H,6,8H2,1H3,(H,15,19). The molecular weight excluding hydrogens is 263 g/mol. The Morgan fingerprint density at radius 3 is 2.95 bits per heavy atom. The van der Waals surface area contributed by atoms with Crippen LogP contribution in [0, 0.1) is 10.6 Å². The summed E-state index contributed by atoms with van der Waals surface area (Å²) in [6.45, 7) is 0.680. The van der Waals surface area contributed by atoms with E-state index in [9.17, 15) is 4.39 Å². The van der Waals surface area contributed by atoms with Crippen molar-refractivity contribution < 1.29 is 4.39 Å². The summed E-state index contributed by atoms with van der Waals surface area (Å²) in [6, 6.07) is 6.95. The van der Waals surface area contributed by atoms with E-state index in [1.807, 2.05) is 29.9 Å². The zero-order valence-electron chi connectivity index (χ0n) is 10.4. The summed E-state index contributed by atoms with van der Waals surface area (Å²) in [4.78, 5) is 2.91. The molecule has 2 aromatic heterocycles. The highest BCUT2D eigenvalue weighted by Gasteiger charge is 2.08. The Labute approximate surface area is 114 Å². The van der Waals surface area contributed by atoms with E-state index in [2.05, 4.69) is 10.1 Å². The van der Waals surface area contributed by atoms with Crippen LogP contribution in [0.3, 0.4) is 0 Å². The van der Waals surface area contributed by atoms with Gasteiger partial charge in [0.15, 0.2) is 4.77 Å². The van der Waals surface area contributed by atoms with Gasteiger partial charge in [0.2, 0.25) is 0 Å². The molecule has 0 fully saturated rings. The van der Waals surface area contributed by atoms with E-state index in [-0.39, 0.29) is 5.82 Å². The average molecular weight is 276 g/mol. The summed E-state index contributed by atoms with van der Waals surface area (Å²) in [7, 11) is 1.89. The van der Waals surface area contributed by atoms with Crippen molar-refractivity contribution >= 4 is 23.3 Å². The minimum absolute atomic E-state index is 0.278. The van der Waals surface area contributed by atoms with Crippen LogP contribution in [0.15, 0.2) is 30.5 Å². The van der Waals surface area contributed by atoms with E-state index in [4.69, 9.17) is 12.2 Å². The fourth-order valence-corrected chi connectivity index (χ4v) is 2.48. The van der Waals surface area contributed by atoms with Crippen LogP contribution in [-0.2, 0) is 20.0 Å². The van der Waals surface area contributed by atoms with Crippen LogP contribution in [0.25, 0.3) is 11.0 Å². The predicted molar refractivity (Wildman–Crippen MR) is 74.0 cm³/mol. The molecule has 98 valence electrons. The second-order valence-corrected chi connectivity index (χ2v) is 4.83. The maximum Gasteiger partial charge on any atom is 0.178 e. The third kappa shape index (κ3) is 2.19. The zero-order chi connectivity index (χ0) is 13.4. The Morgan fingerprint density at radius 1 is 1.37 bits per heavy atom. The fourth-order valence-electron chi connectivity index (χ4n) is 2.19. The van der Waals surface area contributed by atoms with Gasteiger partial charge < -0.3 is 9.55 Å². The number of H-pyrrole nitrogens is 1. The van der Waals surface area contributed by atoms with Gasteiger partial charge in [0, 0.05) is 26.2 Å². The number of para-hydroxylation sites is 1. The minimum Gasteiger partial charge on any atom is -0.328 e. The summed E-state index contributed by atoms with van der Waals surface area (Å²) in [6.07, 6.45) is 2.67. The van der Waals surface area contributed by atoms with E-state index in [1.165, 1.54) is 6.07 Å². The number of hydrogen-bond acceptors (Lipinski definition) is 2. The van der Waals surface area contributed by atoms with Crippen LogP contribution >= 0.6 is 12.2 Å².